The van der Waals surface area contributed by atoms with Crippen LogP contribution in [0.5, 0.6) is 0 Å². The Labute approximate surface area is 114 Å². The molecule has 1 aromatic carbocycles. The summed E-state index contributed by atoms with van der Waals surface area (Å²) in [5, 5.41) is 9.74. The van der Waals surface area contributed by atoms with Gasteiger partial charge in [0, 0.05) is 17.6 Å². The summed E-state index contributed by atoms with van der Waals surface area (Å²) in [7, 11) is 0. The fourth-order valence-corrected chi connectivity index (χ4v) is 2.65. The minimum atomic E-state index is 0.0904. The number of nitrogens with zero attached hydrogens (tertiary/aromatic N) is 2. The second kappa shape index (κ2) is 5.60. The van der Waals surface area contributed by atoms with Crippen molar-refractivity contribution < 1.29 is 4.90 Å². The molecule has 2 rings (SSSR count). The molecule has 1 aliphatic heterocycles. The van der Waals surface area contributed by atoms with E-state index >= 15 is 0 Å². The van der Waals surface area contributed by atoms with Crippen LogP contribution in [-0.4, -0.2) is 32.2 Å². The van der Waals surface area contributed by atoms with Crippen LogP contribution in [0.2, 0.25) is 5.02 Å². The van der Waals surface area contributed by atoms with E-state index in [-0.39, 0.29) is 6.04 Å². The van der Waals surface area contributed by atoms with Crippen LogP contribution in [0.4, 0.5) is 5.69 Å². The summed E-state index contributed by atoms with van der Waals surface area (Å²) in [4.78, 5) is 3.75. The molecule has 0 unspecified atom stereocenters. The third-order valence-electron chi connectivity index (χ3n) is 3.72. The average molecular weight is 265 g/mol. The van der Waals surface area contributed by atoms with Gasteiger partial charge >= 0.3 is 0 Å². The second-order valence-electron chi connectivity index (χ2n) is 4.93. The van der Waals surface area contributed by atoms with Crippen molar-refractivity contribution in [3.05, 3.63) is 28.8 Å². The molecule has 0 spiro atoms. The summed E-state index contributed by atoms with van der Waals surface area (Å²) in [5.41, 5.74) is 2.49. The molecule has 1 saturated heterocycles. The van der Waals surface area contributed by atoms with E-state index in [0.717, 1.165) is 31.2 Å². The number of benzene rings is 1. The molecule has 1 N–H and O–H groups in total. The third-order valence-corrected chi connectivity index (χ3v) is 3.96. The maximum absolute atomic E-state index is 8.95. The topological polar surface area (TPSA) is 31.5 Å². The average Bonchev–Trinajstić information content (AvgIpc) is 2.41. The summed E-state index contributed by atoms with van der Waals surface area (Å²) >= 11 is 6.06. The zero-order valence-electron chi connectivity index (χ0n) is 10.9. The molecule has 1 aromatic rings. The van der Waals surface area contributed by atoms with Crippen molar-refractivity contribution in [2.75, 3.05) is 31.1 Å². The molecule has 1 aliphatic rings. The van der Waals surface area contributed by atoms with Crippen LogP contribution < -0.4 is 9.80 Å². The molecule has 0 amide bonds. The molecule has 3 nitrogen and oxygen atoms in total. The van der Waals surface area contributed by atoms with E-state index in [0.29, 0.717) is 0 Å². The Balaban J connectivity index is 2.06. The Hall–Kier alpha value is -1.24. The van der Waals surface area contributed by atoms with Crippen molar-refractivity contribution in [3.63, 3.8) is 0 Å². The molecule has 1 fully saturated rings. The Morgan fingerprint density at radius 3 is 2.67 bits per heavy atom. The van der Waals surface area contributed by atoms with E-state index in [2.05, 4.69) is 24.0 Å². The van der Waals surface area contributed by atoms with Gasteiger partial charge in [-0.3, -0.25) is 0 Å². The van der Waals surface area contributed by atoms with Crippen LogP contribution in [0.1, 0.15) is 12.5 Å². The molecule has 4 heteroatoms. The molecule has 96 valence electrons. The summed E-state index contributed by atoms with van der Waals surface area (Å²) in [6, 6.07) is 8.46. The SMILES string of the molecule is Cc1ccc(Cl)cc1N1CC[NH+]([C@H](C)C#N)CC1. The van der Waals surface area contributed by atoms with Gasteiger partial charge in [-0.05, 0) is 24.6 Å². The fourth-order valence-electron chi connectivity index (χ4n) is 2.48. The Kier molecular flexibility index (Phi) is 4.11. The first kappa shape index (κ1) is 13.2. The third kappa shape index (κ3) is 2.77. The highest BCUT2D eigenvalue weighted by Crippen LogP contribution is 2.24. The largest absolute Gasteiger partial charge is 0.360 e. The number of hydrogen-bond acceptors (Lipinski definition) is 2. The normalized spacial score (nSPS) is 18.4. The second-order valence-corrected chi connectivity index (χ2v) is 5.36. The first-order valence-electron chi connectivity index (χ1n) is 6.37. The molecular weight excluding hydrogens is 246 g/mol. The van der Waals surface area contributed by atoms with Gasteiger partial charge in [-0.1, -0.05) is 17.7 Å². The van der Waals surface area contributed by atoms with Crippen molar-refractivity contribution in [1.29, 1.82) is 5.26 Å². The number of anilines is 1. The lowest BCUT2D eigenvalue weighted by atomic mass is 10.1. The van der Waals surface area contributed by atoms with Gasteiger partial charge in [0.05, 0.1) is 26.2 Å². The molecule has 0 radical (unpaired) electrons. The van der Waals surface area contributed by atoms with Gasteiger partial charge in [-0.2, -0.15) is 5.26 Å². The number of piperazine rings is 1. The number of nitrogens with one attached hydrogen (secondary N) is 1. The lowest BCUT2D eigenvalue weighted by Crippen LogP contribution is -3.17. The van der Waals surface area contributed by atoms with Crippen LogP contribution in [0.15, 0.2) is 18.2 Å². The molecule has 1 heterocycles. The van der Waals surface area contributed by atoms with Crippen molar-refractivity contribution in [2.45, 2.75) is 19.9 Å². The Morgan fingerprint density at radius 1 is 1.39 bits per heavy atom. The number of quaternary nitrogens is 1. The highest BCUT2D eigenvalue weighted by molar-refractivity contribution is 6.30. The highest BCUT2D eigenvalue weighted by atomic mass is 35.5. The van der Waals surface area contributed by atoms with Crippen LogP contribution >= 0.6 is 11.6 Å². The standard InChI is InChI=1S/C14H18ClN3/c1-11-3-4-13(15)9-14(11)18-7-5-17(6-8-18)12(2)10-16/h3-4,9,12H,5-8H2,1-2H3/p+1/t12-/m1/s1. The summed E-state index contributed by atoms with van der Waals surface area (Å²) in [5.74, 6) is 0. The van der Waals surface area contributed by atoms with Crippen LogP contribution in [-0.2, 0) is 0 Å². The van der Waals surface area contributed by atoms with E-state index in [1.165, 1.54) is 16.2 Å². The fraction of sp³-hybridized carbons (Fsp3) is 0.500. The summed E-state index contributed by atoms with van der Waals surface area (Å²) < 4.78 is 0. The maximum atomic E-state index is 8.95. The van der Waals surface area contributed by atoms with Crippen LogP contribution in [0.25, 0.3) is 0 Å². The highest BCUT2D eigenvalue weighted by Gasteiger charge is 2.24. The van der Waals surface area contributed by atoms with Gasteiger partial charge in [0.15, 0.2) is 6.04 Å². The van der Waals surface area contributed by atoms with Gasteiger partial charge in [0.25, 0.3) is 0 Å². The molecule has 1 atom stereocenters. The zero-order chi connectivity index (χ0) is 13.1. The van der Waals surface area contributed by atoms with Gasteiger partial charge in [0.1, 0.15) is 6.07 Å². The lowest BCUT2D eigenvalue weighted by molar-refractivity contribution is -0.915. The van der Waals surface area contributed by atoms with E-state index in [1.54, 1.807) is 0 Å². The van der Waals surface area contributed by atoms with Gasteiger partial charge in [0.2, 0.25) is 0 Å². The summed E-state index contributed by atoms with van der Waals surface area (Å²) in [6.07, 6.45) is 0. The smallest absolute Gasteiger partial charge is 0.172 e. The molecule has 0 aliphatic carbocycles. The number of halogens is 1. The van der Waals surface area contributed by atoms with Gasteiger partial charge in [-0.15, -0.1) is 0 Å². The lowest BCUT2D eigenvalue weighted by Gasteiger charge is -2.35. The molecule has 0 saturated carbocycles. The summed E-state index contributed by atoms with van der Waals surface area (Å²) in [6.45, 7) is 8.12. The number of aryl methyl sites for hydroxylation is 1. The number of hydrogen-bond donors (Lipinski definition) is 1. The van der Waals surface area contributed by atoms with Gasteiger partial charge < -0.3 is 9.80 Å². The van der Waals surface area contributed by atoms with Crippen LogP contribution in [0, 0.1) is 18.3 Å². The van der Waals surface area contributed by atoms with Crippen LogP contribution in [0.3, 0.4) is 0 Å². The van der Waals surface area contributed by atoms with E-state index < -0.39 is 0 Å². The minimum Gasteiger partial charge on any atom is -0.360 e. The minimum absolute atomic E-state index is 0.0904. The maximum Gasteiger partial charge on any atom is 0.172 e. The quantitative estimate of drug-likeness (QED) is 0.872. The van der Waals surface area contributed by atoms with E-state index in [4.69, 9.17) is 16.9 Å². The van der Waals surface area contributed by atoms with Crippen molar-refractivity contribution in [3.8, 4) is 6.07 Å². The van der Waals surface area contributed by atoms with E-state index in [1.807, 2.05) is 19.1 Å². The van der Waals surface area contributed by atoms with Crippen molar-refractivity contribution >= 4 is 17.3 Å². The molecule has 0 aromatic heterocycles. The first-order valence-corrected chi connectivity index (χ1v) is 6.75. The Morgan fingerprint density at radius 2 is 2.06 bits per heavy atom. The number of rotatable bonds is 2. The van der Waals surface area contributed by atoms with E-state index in [9.17, 15) is 0 Å². The Bertz CT molecular complexity index is 459. The molecule has 18 heavy (non-hydrogen) atoms. The predicted molar refractivity (Wildman–Crippen MR) is 74.2 cm³/mol. The monoisotopic (exact) mass is 264 g/mol. The van der Waals surface area contributed by atoms with Gasteiger partial charge in [-0.25, -0.2) is 0 Å². The number of nitriles is 1. The first-order chi connectivity index (χ1) is 8.61. The molecule has 0 bridgehead atoms. The molecular formula is C14H19ClN3+. The predicted octanol–water partition coefficient (Wildman–Crippen LogP) is 1.27. The zero-order valence-corrected chi connectivity index (χ0v) is 11.7. The van der Waals surface area contributed by atoms with Crippen molar-refractivity contribution in [1.82, 2.24) is 0 Å². The van der Waals surface area contributed by atoms with Crippen molar-refractivity contribution in [2.24, 2.45) is 0 Å².